The Bertz CT molecular complexity index is 557. The lowest BCUT2D eigenvalue weighted by atomic mass is 10.2. The van der Waals surface area contributed by atoms with Crippen molar-refractivity contribution < 1.29 is 0 Å². The van der Waals surface area contributed by atoms with Gasteiger partial charge in [-0.3, -0.25) is 0 Å². The Labute approximate surface area is 112 Å². The van der Waals surface area contributed by atoms with Crippen LogP contribution in [0.2, 0.25) is 10.3 Å². The van der Waals surface area contributed by atoms with Crippen molar-refractivity contribution in [2.75, 3.05) is 19.0 Å². The van der Waals surface area contributed by atoms with Gasteiger partial charge in [-0.05, 0) is 23.7 Å². The summed E-state index contributed by atoms with van der Waals surface area (Å²) in [6.07, 6.45) is 0. The van der Waals surface area contributed by atoms with Gasteiger partial charge in [0.25, 0.3) is 0 Å². The maximum absolute atomic E-state index is 6.11. The lowest BCUT2D eigenvalue weighted by molar-refractivity contribution is 1.06. The Morgan fingerprint density at radius 3 is 2.50 bits per heavy atom. The molecule has 1 heterocycles. The lowest BCUT2D eigenvalue weighted by Crippen LogP contribution is -2.11. The van der Waals surface area contributed by atoms with Gasteiger partial charge in [0, 0.05) is 24.0 Å². The highest BCUT2D eigenvalue weighted by Crippen LogP contribution is 2.32. The molecule has 3 nitrogen and oxygen atoms in total. The number of nitrogens with zero attached hydrogens (tertiary/aromatic N) is 3. The van der Waals surface area contributed by atoms with Crippen LogP contribution in [0.4, 0.5) is 5.82 Å². The highest BCUT2D eigenvalue weighted by atomic mass is 79.9. The minimum Gasteiger partial charge on any atom is -0.362 e. The molecule has 0 bridgehead atoms. The van der Waals surface area contributed by atoms with Crippen molar-refractivity contribution in [3.05, 3.63) is 26.9 Å². The van der Waals surface area contributed by atoms with Crippen LogP contribution in [0.1, 0.15) is 0 Å². The molecule has 0 atom stereocenters. The number of rotatable bonds is 1. The number of halogens is 3. The molecule has 0 radical (unpaired) electrons. The standard InChI is InChI=1S/C10H8BrCl2N3/c1-16(2)9-6-3-5(11)4-7(12)8(6)14-10(13)15-9/h3-4H,1-2H3. The largest absolute Gasteiger partial charge is 0.362 e. The highest BCUT2D eigenvalue weighted by molar-refractivity contribution is 9.10. The molecule has 0 unspecified atom stereocenters. The summed E-state index contributed by atoms with van der Waals surface area (Å²) < 4.78 is 0.888. The van der Waals surface area contributed by atoms with Gasteiger partial charge in [-0.15, -0.1) is 0 Å². The average Bonchev–Trinajstić information content (AvgIpc) is 2.18. The molecule has 0 spiro atoms. The monoisotopic (exact) mass is 319 g/mol. The minimum atomic E-state index is 0.195. The third-order valence-electron chi connectivity index (χ3n) is 2.09. The number of benzene rings is 1. The number of fused-ring (bicyclic) bond motifs is 1. The Morgan fingerprint density at radius 1 is 1.19 bits per heavy atom. The molecule has 2 aromatic rings. The molecule has 1 aromatic carbocycles. The summed E-state index contributed by atoms with van der Waals surface area (Å²) in [4.78, 5) is 10.2. The molecule has 0 amide bonds. The Kier molecular flexibility index (Phi) is 3.24. The van der Waals surface area contributed by atoms with Crippen molar-refractivity contribution in [1.29, 1.82) is 0 Å². The first-order valence-corrected chi connectivity index (χ1v) is 6.03. The Hall–Kier alpha value is -0.580. The topological polar surface area (TPSA) is 29.0 Å². The third-order valence-corrected chi connectivity index (χ3v) is 3.01. The van der Waals surface area contributed by atoms with Crippen LogP contribution in [-0.4, -0.2) is 24.1 Å². The molecule has 0 N–H and O–H groups in total. The van der Waals surface area contributed by atoms with Gasteiger partial charge in [0.2, 0.25) is 5.28 Å². The summed E-state index contributed by atoms with van der Waals surface area (Å²) in [5.74, 6) is 0.748. The van der Waals surface area contributed by atoms with E-state index in [9.17, 15) is 0 Å². The average molecular weight is 321 g/mol. The van der Waals surface area contributed by atoms with Gasteiger partial charge in [0.1, 0.15) is 5.82 Å². The molecular weight excluding hydrogens is 313 g/mol. The van der Waals surface area contributed by atoms with Crippen LogP contribution in [-0.2, 0) is 0 Å². The van der Waals surface area contributed by atoms with E-state index >= 15 is 0 Å². The van der Waals surface area contributed by atoms with Gasteiger partial charge < -0.3 is 4.90 Å². The van der Waals surface area contributed by atoms with Gasteiger partial charge in [0.05, 0.1) is 10.5 Å². The SMILES string of the molecule is CN(C)c1nc(Cl)nc2c(Cl)cc(Br)cc12. The van der Waals surface area contributed by atoms with Crippen molar-refractivity contribution >= 4 is 55.9 Å². The molecule has 1 aromatic heterocycles. The van der Waals surface area contributed by atoms with Crippen molar-refractivity contribution in [3.63, 3.8) is 0 Å². The fourth-order valence-corrected chi connectivity index (χ4v) is 2.47. The number of hydrogen-bond donors (Lipinski definition) is 0. The zero-order valence-corrected chi connectivity index (χ0v) is 11.7. The van der Waals surface area contributed by atoms with Gasteiger partial charge in [-0.2, -0.15) is 4.98 Å². The molecule has 0 saturated carbocycles. The summed E-state index contributed by atoms with van der Waals surface area (Å²) in [7, 11) is 3.79. The number of hydrogen-bond acceptors (Lipinski definition) is 3. The van der Waals surface area contributed by atoms with E-state index in [1.54, 1.807) is 6.07 Å². The second kappa shape index (κ2) is 4.35. The summed E-state index contributed by atoms with van der Waals surface area (Å²) in [5.41, 5.74) is 0.661. The lowest BCUT2D eigenvalue weighted by Gasteiger charge is -2.14. The van der Waals surface area contributed by atoms with E-state index in [0.29, 0.717) is 10.5 Å². The molecular formula is C10H8BrCl2N3. The smallest absolute Gasteiger partial charge is 0.224 e. The van der Waals surface area contributed by atoms with Crippen molar-refractivity contribution in [1.82, 2.24) is 9.97 Å². The summed E-state index contributed by atoms with van der Waals surface area (Å²) in [5, 5.41) is 1.62. The minimum absolute atomic E-state index is 0.195. The van der Waals surface area contributed by atoms with Crippen molar-refractivity contribution in [3.8, 4) is 0 Å². The van der Waals surface area contributed by atoms with E-state index in [1.165, 1.54) is 0 Å². The van der Waals surface area contributed by atoms with Crippen LogP contribution < -0.4 is 4.90 Å². The first-order chi connectivity index (χ1) is 7.49. The summed E-state index contributed by atoms with van der Waals surface area (Å²) >= 11 is 15.4. The maximum atomic E-state index is 6.11. The third kappa shape index (κ3) is 2.10. The Balaban J connectivity index is 2.89. The fraction of sp³-hybridized carbons (Fsp3) is 0.200. The predicted octanol–water partition coefficient (Wildman–Crippen LogP) is 3.77. The van der Waals surface area contributed by atoms with Crippen LogP contribution in [0.5, 0.6) is 0 Å². The van der Waals surface area contributed by atoms with Crippen LogP contribution in [0.25, 0.3) is 10.9 Å². The molecule has 6 heteroatoms. The summed E-state index contributed by atoms with van der Waals surface area (Å²) in [6, 6.07) is 3.71. The fourth-order valence-electron chi connectivity index (χ4n) is 1.46. The zero-order valence-electron chi connectivity index (χ0n) is 8.63. The summed E-state index contributed by atoms with van der Waals surface area (Å²) in [6.45, 7) is 0. The molecule has 0 aliphatic heterocycles. The van der Waals surface area contributed by atoms with E-state index in [2.05, 4.69) is 25.9 Å². The predicted molar refractivity (Wildman–Crippen MR) is 71.6 cm³/mol. The van der Waals surface area contributed by atoms with Gasteiger partial charge in [0.15, 0.2) is 0 Å². The van der Waals surface area contributed by atoms with E-state index in [-0.39, 0.29) is 5.28 Å². The van der Waals surface area contributed by atoms with Crippen LogP contribution >= 0.6 is 39.1 Å². The first-order valence-electron chi connectivity index (χ1n) is 4.48. The number of aromatic nitrogens is 2. The highest BCUT2D eigenvalue weighted by Gasteiger charge is 2.11. The van der Waals surface area contributed by atoms with E-state index in [1.807, 2.05) is 25.1 Å². The Morgan fingerprint density at radius 2 is 1.88 bits per heavy atom. The van der Waals surface area contributed by atoms with E-state index in [4.69, 9.17) is 23.2 Å². The van der Waals surface area contributed by atoms with Gasteiger partial charge in [-0.25, -0.2) is 4.98 Å². The maximum Gasteiger partial charge on any atom is 0.224 e. The molecule has 0 aliphatic carbocycles. The van der Waals surface area contributed by atoms with Crippen molar-refractivity contribution in [2.24, 2.45) is 0 Å². The molecule has 0 saturated heterocycles. The van der Waals surface area contributed by atoms with Crippen molar-refractivity contribution in [2.45, 2.75) is 0 Å². The van der Waals surface area contributed by atoms with Crippen LogP contribution in [0.15, 0.2) is 16.6 Å². The molecule has 2 rings (SSSR count). The second-order valence-corrected chi connectivity index (χ2v) is 5.16. The second-order valence-electron chi connectivity index (χ2n) is 3.49. The normalized spacial score (nSPS) is 10.8. The number of anilines is 1. The van der Waals surface area contributed by atoms with Gasteiger partial charge in [-0.1, -0.05) is 27.5 Å². The quantitative estimate of drug-likeness (QED) is 0.749. The molecule has 0 fully saturated rings. The molecule has 0 aliphatic rings. The van der Waals surface area contributed by atoms with E-state index < -0.39 is 0 Å². The van der Waals surface area contributed by atoms with E-state index in [0.717, 1.165) is 15.7 Å². The first kappa shape index (κ1) is 11.9. The van der Waals surface area contributed by atoms with Gasteiger partial charge >= 0.3 is 0 Å². The zero-order chi connectivity index (χ0) is 11.9. The molecule has 16 heavy (non-hydrogen) atoms. The molecule has 84 valence electrons. The van der Waals surface area contributed by atoms with Crippen LogP contribution in [0.3, 0.4) is 0 Å². The van der Waals surface area contributed by atoms with Crippen LogP contribution in [0, 0.1) is 0 Å².